The minimum atomic E-state index is -0.453. The summed E-state index contributed by atoms with van der Waals surface area (Å²) in [4.78, 5) is 14.6. The summed E-state index contributed by atoms with van der Waals surface area (Å²) in [5.41, 5.74) is 1.44. The summed E-state index contributed by atoms with van der Waals surface area (Å²) in [6.07, 6.45) is 0.635. The molecule has 0 bridgehead atoms. The van der Waals surface area contributed by atoms with Gasteiger partial charge in [-0.2, -0.15) is 0 Å². The van der Waals surface area contributed by atoms with Crippen molar-refractivity contribution in [3.63, 3.8) is 0 Å². The highest BCUT2D eigenvalue weighted by Gasteiger charge is 2.36. The van der Waals surface area contributed by atoms with E-state index < -0.39 is 11.6 Å². The molecule has 0 unspecified atom stereocenters. The first-order chi connectivity index (χ1) is 13.1. The third-order valence-corrected chi connectivity index (χ3v) is 4.87. The number of likely N-dealkylation sites (N-methyl/N-ethyl adjacent to an activating group) is 1. The number of carbonyl (C=O) groups is 1. The Morgan fingerprint density at radius 3 is 2.70 bits per heavy atom. The van der Waals surface area contributed by atoms with Crippen molar-refractivity contribution in [1.82, 2.24) is 15.5 Å². The van der Waals surface area contributed by atoms with Crippen LogP contribution in [-0.4, -0.2) is 36.0 Å². The number of rotatable bonds is 7. The lowest BCUT2D eigenvalue weighted by Gasteiger charge is -2.23. The highest BCUT2D eigenvalue weighted by atomic mass is 19.1. The van der Waals surface area contributed by atoms with Crippen molar-refractivity contribution in [2.45, 2.75) is 38.5 Å². The molecule has 0 aliphatic carbocycles. The Hall–Kier alpha value is -2.31. The molecule has 2 aromatic rings. The predicted molar refractivity (Wildman–Crippen MR) is 101 cm³/mol. The van der Waals surface area contributed by atoms with E-state index in [1.807, 2.05) is 37.3 Å². The maximum Gasteiger partial charge on any atom is 0.237 e. The van der Waals surface area contributed by atoms with E-state index in [2.05, 4.69) is 15.5 Å². The van der Waals surface area contributed by atoms with Gasteiger partial charge in [0.2, 0.25) is 5.91 Å². The second-order valence-corrected chi connectivity index (χ2v) is 6.87. The lowest BCUT2D eigenvalue weighted by molar-refractivity contribution is -0.125. The monoisotopic (exact) mass is 373 g/mol. The van der Waals surface area contributed by atoms with Gasteiger partial charge in [0.1, 0.15) is 11.6 Å². The van der Waals surface area contributed by atoms with Crippen molar-refractivity contribution in [3.05, 3.63) is 71.3 Å². The van der Waals surface area contributed by atoms with Gasteiger partial charge in [0.25, 0.3) is 0 Å². The van der Waals surface area contributed by atoms with Crippen LogP contribution in [0.15, 0.2) is 48.5 Å². The van der Waals surface area contributed by atoms with Crippen LogP contribution >= 0.6 is 0 Å². The zero-order valence-corrected chi connectivity index (χ0v) is 15.4. The fourth-order valence-electron chi connectivity index (χ4n) is 3.54. The van der Waals surface area contributed by atoms with Crippen LogP contribution in [0.5, 0.6) is 0 Å². The molecule has 1 heterocycles. The van der Waals surface area contributed by atoms with Crippen molar-refractivity contribution >= 4 is 5.91 Å². The molecule has 1 aliphatic heterocycles. The van der Waals surface area contributed by atoms with Crippen LogP contribution < -0.4 is 10.6 Å². The van der Waals surface area contributed by atoms with Crippen LogP contribution in [0, 0.1) is 11.6 Å². The number of carbonyl (C=O) groups excluding carboxylic acids is 1. The molecule has 27 heavy (non-hydrogen) atoms. The van der Waals surface area contributed by atoms with Gasteiger partial charge >= 0.3 is 0 Å². The first-order valence-electron chi connectivity index (χ1n) is 9.29. The van der Waals surface area contributed by atoms with Gasteiger partial charge in [-0.15, -0.1) is 0 Å². The quantitative estimate of drug-likeness (QED) is 0.785. The van der Waals surface area contributed by atoms with Crippen LogP contribution in [0.2, 0.25) is 0 Å². The first kappa shape index (κ1) is 19.5. The number of hydrogen-bond donors (Lipinski definition) is 2. The molecule has 6 heteroatoms. The molecule has 3 rings (SSSR count). The van der Waals surface area contributed by atoms with E-state index in [9.17, 15) is 13.6 Å². The highest BCUT2D eigenvalue weighted by Crippen LogP contribution is 2.22. The zero-order valence-electron chi connectivity index (χ0n) is 15.4. The van der Waals surface area contributed by atoms with Crippen molar-refractivity contribution in [2.75, 3.05) is 13.1 Å². The summed E-state index contributed by atoms with van der Waals surface area (Å²) in [5, 5.41) is 6.18. The van der Waals surface area contributed by atoms with Crippen LogP contribution in [0.1, 0.15) is 24.5 Å². The second kappa shape index (κ2) is 9.06. The molecule has 0 aromatic heterocycles. The van der Waals surface area contributed by atoms with E-state index in [4.69, 9.17) is 0 Å². The number of likely N-dealkylation sites (tertiary alicyclic amines) is 1. The third kappa shape index (κ3) is 5.11. The number of benzene rings is 2. The van der Waals surface area contributed by atoms with Crippen molar-refractivity contribution in [2.24, 2.45) is 0 Å². The maximum atomic E-state index is 13.8. The molecular formula is C21H25F2N3O. The average molecular weight is 373 g/mol. The molecule has 4 nitrogen and oxygen atoms in total. The standard InChI is InChI=1S/C21H25F2N3O/c1-2-24-21(27)20-11-18(14-26(20)13-15-6-4-3-5-7-15)25-12-16-10-17(22)8-9-19(16)23/h3-10,18,20,25H,2,11-14H2,1H3,(H,24,27)/t18-,20-/m0/s1. The summed E-state index contributed by atoms with van der Waals surface area (Å²) in [7, 11) is 0. The summed E-state index contributed by atoms with van der Waals surface area (Å²) in [6, 6.07) is 13.3. The third-order valence-electron chi connectivity index (χ3n) is 4.87. The number of hydrogen-bond acceptors (Lipinski definition) is 3. The van der Waals surface area contributed by atoms with Gasteiger partial charge in [-0.3, -0.25) is 9.69 Å². The summed E-state index contributed by atoms with van der Waals surface area (Å²) in [6.45, 7) is 4.07. The Bertz CT molecular complexity index is 769. The largest absolute Gasteiger partial charge is 0.355 e. The molecule has 1 amide bonds. The maximum absolute atomic E-state index is 13.8. The van der Waals surface area contributed by atoms with Gasteiger partial charge in [-0.05, 0) is 37.1 Å². The molecule has 0 spiro atoms. The topological polar surface area (TPSA) is 44.4 Å². The number of halogens is 2. The van der Waals surface area contributed by atoms with E-state index in [0.717, 1.165) is 17.7 Å². The highest BCUT2D eigenvalue weighted by molar-refractivity contribution is 5.82. The van der Waals surface area contributed by atoms with Gasteiger partial charge in [-0.25, -0.2) is 8.78 Å². The molecule has 1 saturated heterocycles. The fourth-order valence-corrected chi connectivity index (χ4v) is 3.54. The number of nitrogens with one attached hydrogen (secondary N) is 2. The molecule has 2 aromatic carbocycles. The van der Waals surface area contributed by atoms with E-state index in [-0.39, 0.29) is 24.5 Å². The van der Waals surface area contributed by atoms with Crippen molar-refractivity contribution < 1.29 is 13.6 Å². The molecule has 2 N–H and O–H groups in total. The van der Waals surface area contributed by atoms with Gasteiger partial charge in [0, 0.05) is 37.8 Å². The minimum Gasteiger partial charge on any atom is -0.355 e. The second-order valence-electron chi connectivity index (χ2n) is 6.87. The molecule has 0 saturated carbocycles. The molecular weight excluding hydrogens is 348 g/mol. The van der Waals surface area contributed by atoms with Gasteiger partial charge in [-0.1, -0.05) is 30.3 Å². The molecule has 2 atom stereocenters. The van der Waals surface area contributed by atoms with E-state index >= 15 is 0 Å². The Morgan fingerprint density at radius 2 is 1.96 bits per heavy atom. The van der Waals surface area contributed by atoms with E-state index in [1.165, 1.54) is 6.07 Å². The van der Waals surface area contributed by atoms with E-state index in [0.29, 0.717) is 31.6 Å². The zero-order chi connectivity index (χ0) is 19.2. The van der Waals surface area contributed by atoms with E-state index in [1.54, 1.807) is 0 Å². The lowest BCUT2D eigenvalue weighted by atomic mass is 10.1. The predicted octanol–water partition coefficient (Wildman–Crippen LogP) is 2.83. The average Bonchev–Trinajstić information content (AvgIpc) is 3.06. The van der Waals surface area contributed by atoms with Crippen molar-refractivity contribution in [3.8, 4) is 0 Å². The van der Waals surface area contributed by atoms with Crippen LogP contribution in [0.3, 0.4) is 0 Å². The number of nitrogens with zero attached hydrogens (tertiary/aromatic N) is 1. The van der Waals surface area contributed by atoms with Gasteiger partial charge in [0.15, 0.2) is 0 Å². The van der Waals surface area contributed by atoms with Gasteiger partial charge < -0.3 is 10.6 Å². The lowest BCUT2D eigenvalue weighted by Crippen LogP contribution is -2.42. The van der Waals surface area contributed by atoms with Crippen LogP contribution in [0.4, 0.5) is 8.78 Å². The Kier molecular flexibility index (Phi) is 6.53. The smallest absolute Gasteiger partial charge is 0.237 e. The molecule has 1 aliphatic rings. The van der Waals surface area contributed by atoms with Crippen LogP contribution in [-0.2, 0) is 17.9 Å². The fraction of sp³-hybridized carbons (Fsp3) is 0.381. The van der Waals surface area contributed by atoms with Crippen molar-refractivity contribution in [1.29, 1.82) is 0 Å². The summed E-state index contributed by atoms with van der Waals surface area (Å²) >= 11 is 0. The summed E-state index contributed by atoms with van der Waals surface area (Å²) in [5.74, 6) is -0.872. The van der Waals surface area contributed by atoms with Crippen LogP contribution in [0.25, 0.3) is 0 Å². The normalized spacial score (nSPS) is 20.0. The Morgan fingerprint density at radius 1 is 1.19 bits per heavy atom. The Balaban J connectivity index is 1.66. The number of amides is 1. The molecule has 1 fully saturated rings. The SMILES string of the molecule is CCNC(=O)[C@@H]1C[C@H](NCc2cc(F)ccc2F)CN1Cc1ccccc1. The minimum absolute atomic E-state index is 0.00895. The Labute approximate surface area is 158 Å². The summed E-state index contributed by atoms with van der Waals surface area (Å²) < 4.78 is 27.2. The molecule has 144 valence electrons. The molecule has 0 radical (unpaired) electrons. The first-order valence-corrected chi connectivity index (χ1v) is 9.29. The van der Waals surface area contributed by atoms with Gasteiger partial charge in [0.05, 0.1) is 6.04 Å².